The largest absolute Gasteiger partial charge is 0.325 e. The first-order chi connectivity index (χ1) is 12.3. The molecule has 0 aromatic heterocycles. The first kappa shape index (κ1) is 17.7. The van der Waals surface area contributed by atoms with Crippen LogP contribution in [0.1, 0.15) is 30.1 Å². The van der Waals surface area contributed by atoms with Crippen molar-refractivity contribution < 1.29 is 23.2 Å². The predicted molar refractivity (Wildman–Crippen MR) is 91.7 cm³/mol. The number of benzene rings is 2. The van der Waals surface area contributed by atoms with E-state index in [1.54, 1.807) is 24.3 Å². The monoisotopic (exact) mass is 358 g/mol. The molecule has 1 aliphatic carbocycles. The van der Waals surface area contributed by atoms with Gasteiger partial charge < -0.3 is 10.6 Å². The molecule has 2 aromatic rings. The van der Waals surface area contributed by atoms with E-state index in [-0.39, 0.29) is 11.5 Å². The molecule has 3 rings (SSSR count). The average Bonchev–Trinajstić information content (AvgIpc) is 3.40. The summed E-state index contributed by atoms with van der Waals surface area (Å²) >= 11 is 0. The second kappa shape index (κ2) is 6.67. The molecule has 0 saturated heterocycles. The summed E-state index contributed by atoms with van der Waals surface area (Å²) in [6.45, 7) is 1.44. The number of nitrogens with one attached hydrogen (secondary N) is 2. The summed E-state index contributed by atoms with van der Waals surface area (Å²) in [5.41, 5.74) is -0.498. The first-order valence-electron chi connectivity index (χ1n) is 8.01. The standard InChI is InChI=1S/C19H16F2N2O3/c1-11(24)12-2-5-14(6-3-12)22-17(25)19(8-9-19)18(26)23-16-7-4-13(20)10-15(16)21/h2-7,10H,8-9H2,1H3,(H,22,25)(H,23,26). The van der Waals surface area contributed by atoms with Crippen LogP contribution in [0, 0.1) is 17.0 Å². The Morgan fingerprint density at radius 2 is 1.54 bits per heavy atom. The minimum Gasteiger partial charge on any atom is -0.325 e. The minimum atomic E-state index is -1.28. The number of ketones is 1. The Morgan fingerprint density at radius 3 is 2.08 bits per heavy atom. The number of halogens is 2. The van der Waals surface area contributed by atoms with Crippen LogP contribution in [0.2, 0.25) is 0 Å². The van der Waals surface area contributed by atoms with E-state index in [4.69, 9.17) is 0 Å². The first-order valence-corrected chi connectivity index (χ1v) is 8.01. The molecule has 1 fully saturated rings. The summed E-state index contributed by atoms with van der Waals surface area (Å²) in [5.74, 6) is -2.90. The maximum atomic E-state index is 13.7. The molecule has 0 radical (unpaired) electrons. The zero-order valence-corrected chi connectivity index (χ0v) is 13.9. The normalized spacial score (nSPS) is 14.4. The van der Waals surface area contributed by atoms with Gasteiger partial charge in [-0.3, -0.25) is 14.4 Å². The van der Waals surface area contributed by atoms with Crippen molar-refractivity contribution in [2.75, 3.05) is 10.6 Å². The summed E-state index contributed by atoms with van der Waals surface area (Å²) < 4.78 is 26.6. The molecule has 0 aliphatic heterocycles. The summed E-state index contributed by atoms with van der Waals surface area (Å²) in [6.07, 6.45) is 0.665. The smallest absolute Gasteiger partial charge is 0.240 e. The third-order valence-corrected chi connectivity index (χ3v) is 4.35. The molecule has 134 valence electrons. The summed E-state index contributed by atoms with van der Waals surface area (Å²) in [5, 5.41) is 4.98. The van der Waals surface area contributed by atoms with E-state index >= 15 is 0 Å². The van der Waals surface area contributed by atoms with Crippen molar-refractivity contribution in [1.82, 2.24) is 0 Å². The van der Waals surface area contributed by atoms with Gasteiger partial charge in [0.05, 0.1) is 5.69 Å². The van der Waals surface area contributed by atoms with Gasteiger partial charge >= 0.3 is 0 Å². The fourth-order valence-corrected chi connectivity index (χ4v) is 2.55. The number of hydrogen-bond donors (Lipinski definition) is 2. The maximum absolute atomic E-state index is 13.7. The zero-order chi connectivity index (χ0) is 18.9. The minimum absolute atomic E-state index is 0.0951. The number of Topliss-reactive ketones (excluding diaryl/α,β-unsaturated/α-hetero) is 1. The van der Waals surface area contributed by atoms with Crippen LogP contribution in [-0.2, 0) is 9.59 Å². The van der Waals surface area contributed by atoms with Gasteiger partial charge in [0, 0.05) is 17.3 Å². The van der Waals surface area contributed by atoms with Gasteiger partial charge in [-0.2, -0.15) is 0 Å². The molecular formula is C19H16F2N2O3. The van der Waals surface area contributed by atoms with Crippen LogP contribution in [0.3, 0.4) is 0 Å². The maximum Gasteiger partial charge on any atom is 0.240 e. The second-order valence-electron chi connectivity index (χ2n) is 6.25. The third-order valence-electron chi connectivity index (χ3n) is 4.35. The summed E-state index contributed by atoms with van der Waals surface area (Å²) in [4.78, 5) is 36.2. The van der Waals surface area contributed by atoms with E-state index in [0.717, 1.165) is 12.1 Å². The van der Waals surface area contributed by atoms with Crippen LogP contribution >= 0.6 is 0 Å². The van der Waals surface area contributed by atoms with Crippen molar-refractivity contribution in [2.24, 2.45) is 5.41 Å². The van der Waals surface area contributed by atoms with E-state index in [1.165, 1.54) is 6.92 Å². The van der Waals surface area contributed by atoms with Crippen LogP contribution in [0.5, 0.6) is 0 Å². The lowest BCUT2D eigenvalue weighted by atomic mass is 10.0. The predicted octanol–water partition coefficient (Wildman–Crippen LogP) is 3.52. The molecule has 1 aliphatic rings. The Labute approximate surface area is 148 Å². The van der Waals surface area contributed by atoms with Crippen LogP contribution in [-0.4, -0.2) is 17.6 Å². The number of amides is 2. The zero-order valence-electron chi connectivity index (χ0n) is 13.9. The molecule has 0 spiro atoms. The van der Waals surface area contributed by atoms with Gasteiger partial charge in [0.2, 0.25) is 11.8 Å². The van der Waals surface area contributed by atoms with Crippen molar-refractivity contribution in [1.29, 1.82) is 0 Å². The highest BCUT2D eigenvalue weighted by atomic mass is 19.1. The van der Waals surface area contributed by atoms with Crippen molar-refractivity contribution in [3.63, 3.8) is 0 Å². The number of hydrogen-bond acceptors (Lipinski definition) is 3. The molecule has 0 heterocycles. The number of anilines is 2. The molecule has 2 amide bonds. The van der Waals surface area contributed by atoms with Gasteiger partial charge in [0.1, 0.15) is 17.0 Å². The highest BCUT2D eigenvalue weighted by Crippen LogP contribution is 2.47. The molecule has 2 aromatic carbocycles. The van der Waals surface area contributed by atoms with E-state index < -0.39 is 28.9 Å². The average molecular weight is 358 g/mol. The highest BCUT2D eigenvalue weighted by Gasteiger charge is 2.56. The van der Waals surface area contributed by atoms with Crippen molar-refractivity contribution in [3.05, 3.63) is 59.7 Å². The lowest BCUT2D eigenvalue weighted by Gasteiger charge is -2.16. The molecule has 2 N–H and O–H groups in total. The number of rotatable bonds is 5. The fraction of sp³-hybridized carbons (Fsp3) is 0.211. The van der Waals surface area contributed by atoms with Crippen LogP contribution in [0.15, 0.2) is 42.5 Å². The van der Waals surface area contributed by atoms with Gasteiger partial charge in [-0.15, -0.1) is 0 Å². The van der Waals surface area contributed by atoms with Gasteiger partial charge in [0.15, 0.2) is 5.78 Å². The Hall–Kier alpha value is -3.09. The van der Waals surface area contributed by atoms with Gasteiger partial charge in [-0.05, 0) is 56.2 Å². The quantitative estimate of drug-likeness (QED) is 0.634. The summed E-state index contributed by atoms with van der Waals surface area (Å²) in [6, 6.07) is 9.08. The lowest BCUT2D eigenvalue weighted by molar-refractivity contribution is -0.131. The van der Waals surface area contributed by atoms with E-state index in [2.05, 4.69) is 10.6 Å². The number of carbonyl (C=O) groups excluding carboxylic acids is 3. The van der Waals surface area contributed by atoms with Crippen molar-refractivity contribution in [3.8, 4) is 0 Å². The van der Waals surface area contributed by atoms with E-state index in [9.17, 15) is 23.2 Å². The summed E-state index contributed by atoms with van der Waals surface area (Å²) in [7, 11) is 0. The van der Waals surface area contributed by atoms with Gasteiger partial charge in [-0.1, -0.05) is 0 Å². The lowest BCUT2D eigenvalue weighted by Crippen LogP contribution is -2.35. The van der Waals surface area contributed by atoms with Gasteiger partial charge in [0.25, 0.3) is 0 Å². The fourth-order valence-electron chi connectivity index (χ4n) is 2.55. The molecule has 7 heteroatoms. The number of carbonyl (C=O) groups is 3. The molecule has 0 bridgehead atoms. The van der Waals surface area contributed by atoms with Crippen molar-refractivity contribution >= 4 is 29.0 Å². The van der Waals surface area contributed by atoms with E-state index in [0.29, 0.717) is 30.2 Å². The van der Waals surface area contributed by atoms with Crippen LogP contribution in [0.25, 0.3) is 0 Å². The molecule has 1 saturated carbocycles. The SMILES string of the molecule is CC(=O)c1ccc(NC(=O)C2(C(=O)Nc3ccc(F)cc3F)CC2)cc1. The van der Waals surface area contributed by atoms with Gasteiger partial charge in [-0.25, -0.2) is 8.78 Å². The highest BCUT2D eigenvalue weighted by molar-refractivity contribution is 6.17. The molecule has 5 nitrogen and oxygen atoms in total. The van der Waals surface area contributed by atoms with Crippen LogP contribution < -0.4 is 10.6 Å². The van der Waals surface area contributed by atoms with Crippen molar-refractivity contribution in [2.45, 2.75) is 19.8 Å². The molecule has 0 atom stereocenters. The Kier molecular flexibility index (Phi) is 4.54. The third kappa shape index (κ3) is 3.46. The second-order valence-corrected chi connectivity index (χ2v) is 6.25. The van der Waals surface area contributed by atoms with Crippen LogP contribution in [0.4, 0.5) is 20.2 Å². The molecular weight excluding hydrogens is 342 g/mol. The Bertz CT molecular complexity index is 890. The Morgan fingerprint density at radius 1 is 0.923 bits per heavy atom. The van der Waals surface area contributed by atoms with E-state index in [1.807, 2.05) is 0 Å². The molecule has 26 heavy (non-hydrogen) atoms. The topological polar surface area (TPSA) is 75.3 Å². The Balaban J connectivity index is 1.70. The molecule has 0 unspecified atom stereocenters.